The summed E-state index contributed by atoms with van der Waals surface area (Å²) in [4.78, 5) is 64.7. The van der Waals surface area contributed by atoms with E-state index in [0.29, 0.717) is 23.4 Å². The van der Waals surface area contributed by atoms with Gasteiger partial charge >= 0.3 is 11.9 Å². The fourth-order valence-corrected chi connectivity index (χ4v) is 4.12. The van der Waals surface area contributed by atoms with Crippen LogP contribution in [0.2, 0.25) is 0 Å². The van der Waals surface area contributed by atoms with Crippen molar-refractivity contribution in [2.24, 2.45) is 0 Å². The fourth-order valence-electron chi connectivity index (χ4n) is 4.12. The highest BCUT2D eigenvalue weighted by Crippen LogP contribution is 2.26. The fraction of sp³-hybridized carbons (Fsp3) is 0.233. The zero-order valence-electron chi connectivity index (χ0n) is 21.4. The van der Waals surface area contributed by atoms with Crippen molar-refractivity contribution in [2.75, 3.05) is 18.5 Å². The van der Waals surface area contributed by atoms with E-state index in [-0.39, 0.29) is 17.5 Å². The smallest absolute Gasteiger partial charge is 0.338 e. The molecule has 9 nitrogen and oxygen atoms in total. The molecule has 9 heteroatoms. The molecule has 0 unspecified atom stereocenters. The summed E-state index contributed by atoms with van der Waals surface area (Å²) < 4.78 is 10.4. The number of esters is 2. The Balaban J connectivity index is 1.40. The Hall–Kier alpha value is -4.79. The van der Waals surface area contributed by atoms with Crippen LogP contribution >= 0.6 is 0 Å². The number of fused-ring (bicyclic) bond motifs is 1. The molecule has 200 valence electrons. The monoisotopic (exact) mass is 528 g/mol. The lowest BCUT2D eigenvalue weighted by molar-refractivity contribution is -0.151. The molecule has 0 saturated carbocycles. The molecule has 39 heavy (non-hydrogen) atoms. The van der Waals surface area contributed by atoms with Crippen LogP contribution in [0.25, 0.3) is 0 Å². The molecule has 3 amide bonds. The van der Waals surface area contributed by atoms with E-state index < -0.39 is 42.3 Å². The number of carbonyl (C=O) groups excluding carboxylic acids is 5. The van der Waals surface area contributed by atoms with Crippen molar-refractivity contribution in [3.8, 4) is 0 Å². The average Bonchev–Trinajstić information content (AvgIpc) is 3.21. The van der Waals surface area contributed by atoms with Crippen LogP contribution in [0.15, 0.2) is 78.9 Å². The summed E-state index contributed by atoms with van der Waals surface area (Å²) in [7, 11) is 0. The number of carbonyl (C=O) groups is 5. The largest absolute Gasteiger partial charge is 0.462 e. The number of nitrogens with one attached hydrogen (secondary N) is 1. The molecular weight excluding hydrogens is 500 g/mol. The molecule has 1 atom stereocenters. The normalized spacial score (nSPS) is 13.0. The number of imide groups is 1. The van der Waals surface area contributed by atoms with E-state index in [1.165, 1.54) is 36.4 Å². The zero-order chi connectivity index (χ0) is 27.8. The van der Waals surface area contributed by atoms with Gasteiger partial charge < -0.3 is 14.8 Å². The second-order valence-corrected chi connectivity index (χ2v) is 8.95. The molecule has 1 N–H and O–H groups in total. The lowest BCUT2D eigenvalue weighted by atomic mass is 10.0. The molecule has 0 saturated heterocycles. The van der Waals surface area contributed by atoms with E-state index >= 15 is 0 Å². The first-order valence-corrected chi connectivity index (χ1v) is 12.6. The summed E-state index contributed by atoms with van der Waals surface area (Å²) in [5, 5.41) is 2.59. The third-order valence-electron chi connectivity index (χ3n) is 6.16. The molecule has 0 radical (unpaired) electrons. The number of unbranched alkanes of at least 4 members (excludes halogenated alkanes) is 1. The maximum Gasteiger partial charge on any atom is 0.338 e. The Morgan fingerprint density at radius 2 is 1.44 bits per heavy atom. The van der Waals surface area contributed by atoms with Crippen LogP contribution in [0.3, 0.4) is 0 Å². The van der Waals surface area contributed by atoms with Gasteiger partial charge in [-0.15, -0.1) is 0 Å². The van der Waals surface area contributed by atoms with Crippen molar-refractivity contribution >= 4 is 35.3 Å². The molecule has 3 aromatic rings. The minimum atomic E-state index is -1.26. The van der Waals surface area contributed by atoms with Gasteiger partial charge in [-0.25, -0.2) is 9.59 Å². The second kappa shape index (κ2) is 12.6. The highest BCUT2D eigenvalue weighted by Gasteiger charge is 2.43. The molecule has 0 fully saturated rings. The summed E-state index contributed by atoms with van der Waals surface area (Å²) >= 11 is 0. The molecular formula is C30H28N2O7. The standard InChI is InChI=1S/C30H28N2O7/c1-2-3-17-38-29(36)21-13-15-22(16-14-21)31-26(33)19-39-30(37)25(18-20-9-5-4-6-10-20)32-27(34)23-11-7-8-12-24(23)28(32)35/h4-16,25H,2-3,17-19H2,1H3,(H,31,33)/t25-/m1/s1. The topological polar surface area (TPSA) is 119 Å². The number of hydrogen-bond acceptors (Lipinski definition) is 7. The second-order valence-electron chi connectivity index (χ2n) is 8.95. The summed E-state index contributed by atoms with van der Waals surface area (Å²) in [6, 6.07) is 20.1. The number of rotatable bonds is 11. The van der Waals surface area contributed by atoms with E-state index in [4.69, 9.17) is 9.47 Å². The van der Waals surface area contributed by atoms with Crippen molar-refractivity contribution in [2.45, 2.75) is 32.2 Å². The summed E-state index contributed by atoms with van der Waals surface area (Å²) in [6.07, 6.45) is 1.72. The van der Waals surface area contributed by atoms with Crippen molar-refractivity contribution in [1.82, 2.24) is 4.90 Å². The quantitative estimate of drug-likeness (QED) is 0.227. The predicted molar refractivity (Wildman–Crippen MR) is 142 cm³/mol. The van der Waals surface area contributed by atoms with Crippen molar-refractivity contribution in [3.63, 3.8) is 0 Å². The van der Waals surface area contributed by atoms with E-state index in [9.17, 15) is 24.0 Å². The molecule has 0 aliphatic carbocycles. The number of amides is 3. The van der Waals surface area contributed by atoms with Gasteiger partial charge in [-0.1, -0.05) is 55.8 Å². The van der Waals surface area contributed by atoms with Crippen LogP contribution in [-0.4, -0.2) is 53.8 Å². The minimum absolute atomic E-state index is 0.0303. The van der Waals surface area contributed by atoms with Crippen LogP contribution in [0, 0.1) is 0 Å². The zero-order valence-corrected chi connectivity index (χ0v) is 21.4. The summed E-state index contributed by atoms with van der Waals surface area (Å²) in [6.45, 7) is 1.70. The number of nitrogens with zero attached hydrogens (tertiary/aromatic N) is 1. The van der Waals surface area contributed by atoms with Crippen LogP contribution in [0.4, 0.5) is 5.69 Å². The lowest BCUT2D eigenvalue weighted by Gasteiger charge is -2.24. The van der Waals surface area contributed by atoms with Gasteiger partial charge in [0.15, 0.2) is 6.61 Å². The Bertz CT molecular complexity index is 1330. The number of ether oxygens (including phenoxy) is 2. The Morgan fingerprint density at radius 1 is 0.821 bits per heavy atom. The summed E-state index contributed by atoms with van der Waals surface area (Å²) in [5.41, 5.74) is 1.88. The molecule has 4 rings (SSSR count). The average molecular weight is 529 g/mol. The van der Waals surface area contributed by atoms with Crippen LogP contribution < -0.4 is 5.32 Å². The number of benzene rings is 3. The third-order valence-corrected chi connectivity index (χ3v) is 6.16. The van der Waals surface area contributed by atoms with Gasteiger partial charge in [0.1, 0.15) is 6.04 Å². The third kappa shape index (κ3) is 6.56. The van der Waals surface area contributed by atoms with E-state index in [0.717, 1.165) is 17.7 Å². The molecule has 1 heterocycles. The van der Waals surface area contributed by atoms with Gasteiger partial charge in [0, 0.05) is 12.1 Å². The first-order chi connectivity index (χ1) is 18.9. The van der Waals surface area contributed by atoms with E-state index in [1.807, 2.05) is 13.0 Å². The van der Waals surface area contributed by atoms with Gasteiger partial charge in [0.2, 0.25) is 0 Å². The minimum Gasteiger partial charge on any atom is -0.462 e. The van der Waals surface area contributed by atoms with E-state index in [2.05, 4.69) is 5.32 Å². The Kier molecular flexibility index (Phi) is 8.83. The van der Waals surface area contributed by atoms with Gasteiger partial charge in [-0.05, 0) is 48.4 Å². The first kappa shape index (κ1) is 27.3. The van der Waals surface area contributed by atoms with Crippen molar-refractivity contribution < 1.29 is 33.4 Å². The lowest BCUT2D eigenvalue weighted by Crippen LogP contribution is -2.47. The van der Waals surface area contributed by atoms with Crippen molar-refractivity contribution in [3.05, 3.63) is 101 Å². The van der Waals surface area contributed by atoms with Crippen molar-refractivity contribution in [1.29, 1.82) is 0 Å². The number of hydrogen-bond donors (Lipinski definition) is 1. The van der Waals surface area contributed by atoms with E-state index in [1.54, 1.807) is 36.4 Å². The number of anilines is 1. The van der Waals surface area contributed by atoms with Crippen LogP contribution in [0.1, 0.15) is 56.4 Å². The molecule has 0 aromatic heterocycles. The van der Waals surface area contributed by atoms with Crippen LogP contribution in [-0.2, 0) is 25.5 Å². The highest BCUT2D eigenvalue weighted by atomic mass is 16.5. The SMILES string of the molecule is CCCCOC(=O)c1ccc(NC(=O)COC(=O)[C@@H](Cc2ccccc2)N2C(=O)c3ccccc3C2=O)cc1. The molecule has 0 bridgehead atoms. The van der Waals surface area contributed by atoms with Gasteiger partial charge in [0.05, 0.1) is 23.3 Å². The highest BCUT2D eigenvalue weighted by molar-refractivity contribution is 6.22. The molecule has 3 aromatic carbocycles. The van der Waals surface area contributed by atoms with Gasteiger partial charge in [-0.3, -0.25) is 19.3 Å². The molecule has 0 spiro atoms. The van der Waals surface area contributed by atoms with Gasteiger partial charge in [0.25, 0.3) is 17.7 Å². The Labute approximate surface area is 225 Å². The van der Waals surface area contributed by atoms with Crippen LogP contribution in [0.5, 0.6) is 0 Å². The predicted octanol–water partition coefficient (Wildman–Crippen LogP) is 4.03. The Morgan fingerprint density at radius 3 is 2.05 bits per heavy atom. The maximum absolute atomic E-state index is 13.2. The summed E-state index contributed by atoms with van der Waals surface area (Å²) in [5.74, 6) is -3.14. The molecule has 1 aliphatic heterocycles. The first-order valence-electron chi connectivity index (χ1n) is 12.6. The van der Waals surface area contributed by atoms with Gasteiger partial charge in [-0.2, -0.15) is 0 Å². The molecule has 1 aliphatic rings. The maximum atomic E-state index is 13.2.